The summed E-state index contributed by atoms with van der Waals surface area (Å²) in [4.78, 5) is 14.5. The summed E-state index contributed by atoms with van der Waals surface area (Å²) in [5.74, 6) is -1.63. The van der Waals surface area contributed by atoms with Crippen LogP contribution in [-0.2, 0) is 4.79 Å². The molecule has 1 amide bonds. The van der Waals surface area contributed by atoms with E-state index in [1.165, 1.54) is 65.6 Å². The van der Waals surface area contributed by atoms with Gasteiger partial charge in [-0.3, -0.25) is 4.79 Å². The standard InChI is InChI=1S/C25H20F5NO3S/c26-17-5-1-15(2-6-17)22(32)14-13-21-23(31(24(21)33)19-9-7-18(27)8-10-19)16-3-11-20(12-4-16)34-35-25(28,29)30/h1-12,21-23,32H,13-14H2. The van der Waals surface area contributed by atoms with Gasteiger partial charge in [-0.05, 0) is 72.5 Å². The molecule has 10 heteroatoms. The van der Waals surface area contributed by atoms with Gasteiger partial charge < -0.3 is 14.2 Å². The van der Waals surface area contributed by atoms with Crippen LogP contribution in [0.15, 0.2) is 72.8 Å². The predicted molar refractivity (Wildman–Crippen MR) is 121 cm³/mol. The van der Waals surface area contributed by atoms with Crippen molar-refractivity contribution in [1.82, 2.24) is 0 Å². The Balaban J connectivity index is 1.53. The third-order valence-electron chi connectivity index (χ3n) is 5.78. The van der Waals surface area contributed by atoms with Gasteiger partial charge in [0, 0.05) is 5.69 Å². The zero-order valence-electron chi connectivity index (χ0n) is 18.1. The van der Waals surface area contributed by atoms with E-state index < -0.39 is 47.2 Å². The van der Waals surface area contributed by atoms with Crippen molar-refractivity contribution in [2.75, 3.05) is 4.90 Å². The fraction of sp³-hybridized carbons (Fsp3) is 0.240. The van der Waals surface area contributed by atoms with Gasteiger partial charge in [-0.1, -0.05) is 24.3 Å². The van der Waals surface area contributed by atoms with E-state index in [2.05, 4.69) is 4.18 Å². The first kappa shape index (κ1) is 25.0. The number of nitrogens with zero attached hydrogens (tertiary/aromatic N) is 1. The molecule has 4 rings (SSSR count). The number of halogens is 5. The van der Waals surface area contributed by atoms with Gasteiger partial charge in [-0.2, -0.15) is 13.2 Å². The van der Waals surface area contributed by atoms with Crippen LogP contribution in [0, 0.1) is 17.6 Å². The summed E-state index contributed by atoms with van der Waals surface area (Å²) in [5.41, 5.74) is -2.90. The average Bonchev–Trinajstić information content (AvgIpc) is 2.82. The number of aliphatic hydroxyl groups excluding tert-OH is 1. The van der Waals surface area contributed by atoms with Gasteiger partial charge in [0.05, 0.1) is 18.1 Å². The number of rotatable bonds is 8. The molecule has 3 aromatic carbocycles. The largest absolute Gasteiger partial charge is 0.479 e. The summed E-state index contributed by atoms with van der Waals surface area (Å²) in [6.07, 6.45) is -0.361. The minimum atomic E-state index is -4.55. The molecule has 1 saturated heterocycles. The summed E-state index contributed by atoms with van der Waals surface area (Å²) in [6, 6.07) is 16.3. The fourth-order valence-electron chi connectivity index (χ4n) is 4.11. The molecule has 0 spiro atoms. The Morgan fingerprint density at radius 2 is 1.49 bits per heavy atom. The monoisotopic (exact) mass is 509 g/mol. The second kappa shape index (κ2) is 10.2. The zero-order valence-corrected chi connectivity index (χ0v) is 18.9. The molecule has 0 aromatic heterocycles. The second-order valence-corrected chi connectivity index (χ2v) is 8.86. The van der Waals surface area contributed by atoms with Crippen LogP contribution in [0.2, 0.25) is 0 Å². The van der Waals surface area contributed by atoms with E-state index in [0.717, 1.165) is 0 Å². The molecule has 3 unspecified atom stereocenters. The summed E-state index contributed by atoms with van der Waals surface area (Å²) in [6.45, 7) is 0. The number of amides is 1. The van der Waals surface area contributed by atoms with Crippen molar-refractivity contribution in [3.63, 3.8) is 0 Å². The smallest absolute Gasteiger partial charge is 0.417 e. The molecule has 184 valence electrons. The van der Waals surface area contributed by atoms with Crippen LogP contribution in [0.1, 0.15) is 36.1 Å². The van der Waals surface area contributed by atoms with Crippen LogP contribution >= 0.6 is 12.0 Å². The Morgan fingerprint density at radius 3 is 2.06 bits per heavy atom. The molecular formula is C25H20F5NO3S. The van der Waals surface area contributed by atoms with Gasteiger partial charge in [-0.25, -0.2) is 8.78 Å². The number of hydrogen-bond acceptors (Lipinski definition) is 4. The fourth-order valence-corrected chi connectivity index (χ4v) is 4.41. The molecule has 4 nitrogen and oxygen atoms in total. The SMILES string of the molecule is O=C1C(CCC(O)c2ccc(F)cc2)C(c2ccc(OSC(F)(F)F)cc2)N1c1ccc(F)cc1. The van der Waals surface area contributed by atoms with Crippen molar-refractivity contribution < 1.29 is 36.0 Å². The minimum Gasteiger partial charge on any atom is -0.417 e. The molecule has 3 aromatic rings. The Labute approximate surface area is 202 Å². The predicted octanol–water partition coefficient (Wildman–Crippen LogP) is 6.73. The van der Waals surface area contributed by atoms with Crippen molar-refractivity contribution in [1.29, 1.82) is 0 Å². The molecule has 3 atom stereocenters. The van der Waals surface area contributed by atoms with Gasteiger partial charge in [0.1, 0.15) is 17.4 Å². The molecule has 0 aliphatic carbocycles. The van der Waals surface area contributed by atoms with Crippen molar-refractivity contribution in [3.05, 3.63) is 95.6 Å². The molecular weight excluding hydrogens is 489 g/mol. The third kappa shape index (κ3) is 5.94. The number of hydrogen-bond donors (Lipinski definition) is 1. The minimum absolute atomic E-state index is 0.00154. The molecule has 0 saturated carbocycles. The molecule has 1 aliphatic rings. The number of benzene rings is 3. The maximum absolute atomic E-state index is 13.4. The lowest BCUT2D eigenvalue weighted by Gasteiger charge is -2.48. The number of carbonyl (C=O) groups excluding carboxylic acids is 1. The van der Waals surface area contributed by atoms with Gasteiger partial charge in [0.15, 0.2) is 12.0 Å². The van der Waals surface area contributed by atoms with E-state index in [-0.39, 0.29) is 18.1 Å². The zero-order chi connectivity index (χ0) is 25.2. The van der Waals surface area contributed by atoms with E-state index >= 15 is 0 Å². The van der Waals surface area contributed by atoms with Gasteiger partial charge >= 0.3 is 5.51 Å². The second-order valence-electron chi connectivity index (χ2n) is 8.06. The van der Waals surface area contributed by atoms with Crippen LogP contribution in [-0.4, -0.2) is 16.5 Å². The lowest BCUT2D eigenvalue weighted by atomic mass is 9.78. The van der Waals surface area contributed by atoms with Crippen LogP contribution in [0.5, 0.6) is 5.75 Å². The molecule has 0 bridgehead atoms. The molecule has 1 fully saturated rings. The Hall–Kier alpha value is -3.11. The average molecular weight is 509 g/mol. The van der Waals surface area contributed by atoms with Crippen molar-refractivity contribution in [2.45, 2.75) is 30.5 Å². The van der Waals surface area contributed by atoms with E-state index in [4.69, 9.17) is 0 Å². The first-order valence-electron chi connectivity index (χ1n) is 10.7. The van der Waals surface area contributed by atoms with Crippen LogP contribution in [0.25, 0.3) is 0 Å². The van der Waals surface area contributed by atoms with Gasteiger partial charge in [-0.15, -0.1) is 0 Å². The lowest BCUT2D eigenvalue weighted by Crippen LogP contribution is -2.55. The lowest BCUT2D eigenvalue weighted by molar-refractivity contribution is -0.131. The van der Waals surface area contributed by atoms with Crippen LogP contribution < -0.4 is 9.08 Å². The number of β-lactam (4-membered cyclic amide) rings is 1. The molecule has 1 heterocycles. The highest BCUT2D eigenvalue weighted by atomic mass is 32.2. The number of anilines is 1. The third-order valence-corrected chi connectivity index (χ3v) is 6.24. The van der Waals surface area contributed by atoms with Crippen LogP contribution in [0.3, 0.4) is 0 Å². The van der Waals surface area contributed by atoms with Crippen molar-refractivity contribution >= 4 is 23.6 Å². The van der Waals surface area contributed by atoms with E-state index in [9.17, 15) is 31.9 Å². The molecule has 0 radical (unpaired) electrons. The van der Waals surface area contributed by atoms with E-state index in [1.807, 2.05) is 0 Å². The van der Waals surface area contributed by atoms with E-state index in [1.54, 1.807) is 12.1 Å². The highest BCUT2D eigenvalue weighted by molar-refractivity contribution is 7.95. The number of carbonyl (C=O) groups is 1. The van der Waals surface area contributed by atoms with Gasteiger partial charge in [0.25, 0.3) is 0 Å². The quantitative estimate of drug-likeness (QED) is 0.208. The number of alkyl halides is 3. The van der Waals surface area contributed by atoms with Crippen LogP contribution in [0.4, 0.5) is 27.6 Å². The summed E-state index contributed by atoms with van der Waals surface area (Å²) >= 11 is -0.621. The van der Waals surface area contributed by atoms with Crippen molar-refractivity contribution in [2.24, 2.45) is 5.92 Å². The maximum atomic E-state index is 13.4. The van der Waals surface area contributed by atoms with Gasteiger partial charge in [0.2, 0.25) is 5.91 Å². The summed E-state index contributed by atoms with van der Waals surface area (Å²) < 4.78 is 68.4. The molecule has 1 N–H and O–H groups in total. The summed E-state index contributed by atoms with van der Waals surface area (Å²) in [7, 11) is 0. The Morgan fingerprint density at radius 1 is 0.914 bits per heavy atom. The normalized spacial score (nSPS) is 18.8. The first-order valence-corrected chi connectivity index (χ1v) is 11.4. The van der Waals surface area contributed by atoms with Crippen molar-refractivity contribution in [3.8, 4) is 5.75 Å². The molecule has 1 aliphatic heterocycles. The molecule has 35 heavy (non-hydrogen) atoms. The highest BCUT2D eigenvalue weighted by Gasteiger charge is 2.48. The number of aliphatic hydroxyl groups is 1. The first-order chi connectivity index (χ1) is 16.6. The topological polar surface area (TPSA) is 49.8 Å². The highest BCUT2D eigenvalue weighted by Crippen LogP contribution is 2.46. The Bertz CT molecular complexity index is 1150. The maximum Gasteiger partial charge on any atom is 0.479 e. The summed E-state index contributed by atoms with van der Waals surface area (Å²) in [5, 5.41) is 10.5. The Kier molecular flexibility index (Phi) is 7.32. The van der Waals surface area contributed by atoms with E-state index in [0.29, 0.717) is 23.2 Å².